The van der Waals surface area contributed by atoms with Gasteiger partial charge in [0.05, 0.1) is 15.7 Å². The number of phenolic OH excluding ortho intramolecular Hbond substituents is 1. The highest BCUT2D eigenvalue weighted by molar-refractivity contribution is 6.44. The van der Waals surface area contributed by atoms with E-state index in [1.54, 1.807) is 12.1 Å². The van der Waals surface area contributed by atoms with E-state index in [2.05, 4.69) is 11.5 Å². The molecule has 0 amide bonds. The lowest BCUT2D eigenvalue weighted by atomic mass is 9.97. The number of piperidine rings is 1. The molecule has 1 aliphatic heterocycles. The number of aromatic hydroxyl groups is 1. The minimum absolute atomic E-state index is 0.108. The lowest BCUT2D eigenvalue weighted by molar-refractivity contribution is 0.456. The van der Waals surface area contributed by atoms with Crippen LogP contribution in [0.4, 0.5) is 0 Å². The van der Waals surface area contributed by atoms with Gasteiger partial charge in [-0.1, -0.05) is 23.2 Å². The maximum atomic E-state index is 10.2. The fourth-order valence-electron chi connectivity index (χ4n) is 3.27. The van der Waals surface area contributed by atoms with Crippen molar-refractivity contribution in [2.75, 3.05) is 13.1 Å². The fraction of sp³-hybridized carbons (Fsp3) is 0.278. The number of hydrogen-bond donors (Lipinski definition) is 2. The third-order valence-electron chi connectivity index (χ3n) is 4.56. The molecule has 1 saturated heterocycles. The predicted octanol–water partition coefficient (Wildman–Crippen LogP) is 4.48. The Balaban J connectivity index is 1.77. The van der Waals surface area contributed by atoms with E-state index in [4.69, 9.17) is 28.2 Å². The van der Waals surface area contributed by atoms with Gasteiger partial charge in [-0.15, -0.1) is 0 Å². The molecule has 0 radical (unpaired) electrons. The first-order valence-electron chi connectivity index (χ1n) is 8.00. The zero-order valence-electron chi connectivity index (χ0n) is 13.0. The molecule has 6 heteroatoms. The first-order chi connectivity index (χ1) is 11.6. The van der Waals surface area contributed by atoms with Crippen molar-refractivity contribution in [2.45, 2.75) is 18.8 Å². The number of pyridine rings is 1. The van der Waals surface area contributed by atoms with Crippen LogP contribution in [-0.2, 0) is 0 Å². The van der Waals surface area contributed by atoms with E-state index in [0.29, 0.717) is 21.5 Å². The number of rotatable bonds is 2. The lowest BCUT2D eigenvalue weighted by Crippen LogP contribution is -2.28. The molecule has 124 valence electrons. The smallest absolute Gasteiger partial charge is 0.137 e. The first kappa shape index (κ1) is 15.8. The molecular formula is C18H17Cl2N3O. The number of fused-ring (bicyclic) bond motifs is 1. The number of nitrogens with one attached hydrogen (secondary N) is 1. The SMILES string of the molecule is Oc1ccc(Cl)c(Cl)c1-c1ccn2cc(C3CCCNC3)nc2c1. The van der Waals surface area contributed by atoms with E-state index >= 15 is 0 Å². The Kier molecular flexibility index (Phi) is 4.12. The minimum atomic E-state index is 0.108. The Bertz CT molecular complexity index is 901. The Hall–Kier alpha value is -1.75. The Morgan fingerprint density at radius 2 is 2.12 bits per heavy atom. The number of benzene rings is 1. The van der Waals surface area contributed by atoms with Crippen molar-refractivity contribution in [2.24, 2.45) is 0 Å². The van der Waals surface area contributed by atoms with Crippen molar-refractivity contribution in [3.8, 4) is 16.9 Å². The monoisotopic (exact) mass is 361 g/mol. The van der Waals surface area contributed by atoms with Gasteiger partial charge in [-0.25, -0.2) is 4.98 Å². The Morgan fingerprint density at radius 3 is 2.92 bits per heavy atom. The normalized spacial score (nSPS) is 18.2. The van der Waals surface area contributed by atoms with Crippen LogP contribution in [0.15, 0.2) is 36.7 Å². The van der Waals surface area contributed by atoms with Gasteiger partial charge >= 0.3 is 0 Å². The summed E-state index contributed by atoms with van der Waals surface area (Å²) in [5, 5.41) is 14.4. The number of imidazole rings is 1. The van der Waals surface area contributed by atoms with Gasteiger partial charge in [0, 0.05) is 30.4 Å². The van der Waals surface area contributed by atoms with E-state index in [9.17, 15) is 5.11 Å². The summed E-state index contributed by atoms with van der Waals surface area (Å²) >= 11 is 12.4. The second kappa shape index (κ2) is 6.28. The molecule has 1 unspecified atom stereocenters. The minimum Gasteiger partial charge on any atom is -0.507 e. The average Bonchev–Trinajstić information content (AvgIpc) is 3.03. The van der Waals surface area contributed by atoms with Crippen molar-refractivity contribution in [3.05, 3.63) is 52.4 Å². The zero-order chi connectivity index (χ0) is 16.7. The third-order valence-corrected chi connectivity index (χ3v) is 5.36. The molecule has 2 aromatic heterocycles. The van der Waals surface area contributed by atoms with Crippen molar-refractivity contribution in [3.63, 3.8) is 0 Å². The van der Waals surface area contributed by atoms with Crippen LogP contribution in [0, 0.1) is 0 Å². The van der Waals surface area contributed by atoms with Gasteiger partial charge in [-0.3, -0.25) is 0 Å². The number of halogens is 2. The van der Waals surface area contributed by atoms with Crippen molar-refractivity contribution < 1.29 is 5.11 Å². The largest absolute Gasteiger partial charge is 0.507 e. The van der Waals surface area contributed by atoms with Gasteiger partial charge in [-0.2, -0.15) is 0 Å². The summed E-state index contributed by atoms with van der Waals surface area (Å²) in [5.41, 5.74) is 3.27. The van der Waals surface area contributed by atoms with Gasteiger partial charge in [0.15, 0.2) is 0 Å². The molecule has 24 heavy (non-hydrogen) atoms. The summed E-state index contributed by atoms with van der Waals surface area (Å²) < 4.78 is 2.00. The summed E-state index contributed by atoms with van der Waals surface area (Å²) in [6.07, 6.45) is 6.35. The quantitative estimate of drug-likeness (QED) is 0.707. The Morgan fingerprint density at radius 1 is 1.25 bits per heavy atom. The van der Waals surface area contributed by atoms with Crippen LogP contribution in [0.25, 0.3) is 16.8 Å². The molecule has 1 atom stereocenters. The van der Waals surface area contributed by atoms with Crippen LogP contribution in [0.3, 0.4) is 0 Å². The van der Waals surface area contributed by atoms with E-state index < -0.39 is 0 Å². The molecule has 0 spiro atoms. The third kappa shape index (κ3) is 2.75. The van der Waals surface area contributed by atoms with E-state index in [1.165, 1.54) is 6.42 Å². The maximum Gasteiger partial charge on any atom is 0.137 e. The molecular weight excluding hydrogens is 345 g/mol. The second-order valence-electron chi connectivity index (χ2n) is 6.15. The molecule has 2 N–H and O–H groups in total. The first-order valence-corrected chi connectivity index (χ1v) is 8.76. The van der Waals surface area contributed by atoms with Gasteiger partial charge in [-0.05, 0) is 49.2 Å². The molecule has 1 fully saturated rings. The van der Waals surface area contributed by atoms with Crippen molar-refractivity contribution in [1.29, 1.82) is 0 Å². The number of hydrogen-bond acceptors (Lipinski definition) is 3. The van der Waals surface area contributed by atoms with Gasteiger partial charge in [0.25, 0.3) is 0 Å². The summed E-state index contributed by atoms with van der Waals surface area (Å²) in [6.45, 7) is 2.05. The fourth-order valence-corrected chi connectivity index (χ4v) is 3.70. The van der Waals surface area contributed by atoms with Gasteiger partial charge in [0.2, 0.25) is 0 Å². The zero-order valence-corrected chi connectivity index (χ0v) is 14.5. The Labute approximate surface area is 150 Å². The summed E-state index contributed by atoms with van der Waals surface area (Å²) in [6, 6.07) is 6.98. The molecule has 1 aliphatic rings. The van der Waals surface area contributed by atoms with Crippen molar-refractivity contribution >= 4 is 28.8 Å². The van der Waals surface area contributed by atoms with E-state index in [-0.39, 0.29) is 5.75 Å². The molecule has 0 bridgehead atoms. The van der Waals surface area contributed by atoms with Crippen LogP contribution in [-0.4, -0.2) is 27.6 Å². The molecule has 1 aromatic carbocycles. The molecule has 0 aliphatic carbocycles. The van der Waals surface area contributed by atoms with Gasteiger partial charge < -0.3 is 14.8 Å². The number of aromatic nitrogens is 2. The van der Waals surface area contributed by atoms with Crippen LogP contribution in [0.5, 0.6) is 5.75 Å². The average molecular weight is 362 g/mol. The molecule has 4 nitrogen and oxygen atoms in total. The predicted molar refractivity (Wildman–Crippen MR) is 97.2 cm³/mol. The highest BCUT2D eigenvalue weighted by Crippen LogP contribution is 2.40. The van der Waals surface area contributed by atoms with Crippen LogP contribution in [0.1, 0.15) is 24.5 Å². The van der Waals surface area contributed by atoms with Gasteiger partial charge in [0.1, 0.15) is 11.4 Å². The lowest BCUT2D eigenvalue weighted by Gasteiger charge is -2.20. The summed E-state index contributed by atoms with van der Waals surface area (Å²) in [7, 11) is 0. The highest BCUT2D eigenvalue weighted by Gasteiger charge is 2.19. The molecule has 3 heterocycles. The molecule has 3 aromatic rings. The molecule has 4 rings (SSSR count). The second-order valence-corrected chi connectivity index (χ2v) is 6.93. The number of nitrogens with zero attached hydrogens (tertiary/aromatic N) is 2. The number of phenols is 1. The topological polar surface area (TPSA) is 49.6 Å². The van der Waals surface area contributed by atoms with E-state index in [1.807, 2.05) is 22.7 Å². The highest BCUT2D eigenvalue weighted by atomic mass is 35.5. The van der Waals surface area contributed by atoms with Crippen molar-refractivity contribution in [1.82, 2.24) is 14.7 Å². The molecule has 0 saturated carbocycles. The summed E-state index contributed by atoms with van der Waals surface area (Å²) in [4.78, 5) is 4.77. The van der Waals surface area contributed by atoms with Crippen LogP contribution in [0.2, 0.25) is 10.0 Å². The standard InChI is InChI=1S/C18H17Cl2N3O/c19-13-3-4-15(24)17(18(13)20)11-5-7-23-10-14(22-16(23)8-11)12-2-1-6-21-9-12/h3-5,7-8,10,12,21,24H,1-2,6,9H2. The van der Waals surface area contributed by atoms with E-state index in [0.717, 1.165) is 36.4 Å². The van der Waals surface area contributed by atoms with Crippen LogP contribution >= 0.6 is 23.2 Å². The summed E-state index contributed by atoms with van der Waals surface area (Å²) in [5.74, 6) is 0.558. The maximum absolute atomic E-state index is 10.2. The van der Waals surface area contributed by atoms with Crippen LogP contribution < -0.4 is 5.32 Å².